The van der Waals surface area contributed by atoms with E-state index in [-0.39, 0.29) is 5.91 Å². The van der Waals surface area contributed by atoms with Crippen molar-refractivity contribution in [2.45, 2.75) is 13.5 Å². The number of rotatable bonds is 5. The van der Waals surface area contributed by atoms with Crippen LogP contribution in [0.3, 0.4) is 0 Å². The molecular weight excluding hydrogens is 332 g/mol. The molecule has 0 saturated carbocycles. The van der Waals surface area contributed by atoms with Crippen molar-refractivity contribution >= 4 is 27.7 Å². The number of aromatic nitrogens is 2. The van der Waals surface area contributed by atoms with Crippen molar-refractivity contribution in [3.05, 3.63) is 52.4 Å². The largest absolute Gasteiger partial charge is 0.372 e. The summed E-state index contributed by atoms with van der Waals surface area (Å²) < 4.78 is 0.777. The molecule has 0 aromatic carbocycles. The van der Waals surface area contributed by atoms with E-state index >= 15 is 0 Å². The molecule has 0 saturated heterocycles. The zero-order valence-electron chi connectivity index (χ0n) is 12.0. The van der Waals surface area contributed by atoms with Crippen LogP contribution in [0.25, 0.3) is 0 Å². The molecule has 2 aromatic heterocycles. The van der Waals surface area contributed by atoms with Crippen LogP contribution in [0.15, 0.2) is 41.1 Å². The van der Waals surface area contributed by atoms with Crippen LogP contribution in [-0.4, -0.2) is 34.4 Å². The third-order valence-corrected chi connectivity index (χ3v) is 3.50. The summed E-state index contributed by atoms with van der Waals surface area (Å²) in [6.45, 7) is 3.03. The van der Waals surface area contributed by atoms with Gasteiger partial charge in [-0.15, -0.1) is 0 Å². The molecule has 2 rings (SSSR count). The van der Waals surface area contributed by atoms with Crippen molar-refractivity contribution in [3.63, 3.8) is 0 Å². The molecule has 0 radical (unpaired) electrons. The number of pyridine rings is 2. The van der Waals surface area contributed by atoms with Crippen LogP contribution in [0.4, 0.5) is 5.82 Å². The summed E-state index contributed by atoms with van der Waals surface area (Å²) in [5.74, 6) is 0.504. The Hall–Kier alpha value is -1.95. The second-order valence-electron chi connectivity index (χ2n) is 4.44. The molecule has 1 amide bonds. The Balaban J connectivity index is 2.26. The highest BCUT2D eigenvalue weighted by Gasteiger charge is 2.19. The summed E-state index contributed by atoms with van der Waals surface area (Å²) in [4.78, 5) is 22.9. The maximum atomic E-state index is 12.7. The van der Waals surface area contributed by atoms with Crippen LogP contribution in [0.2, 0.25) is 0 Å². The third-order valence-electron chi connectivity index (χ3n) is 3.07. The number of halogens is 1. The van der Waals surface area contributed by atoms with E-state index in [0.29, 0.717) is 24.5 Å². The molecule has 0 aliphatic carbocycles. The lowest BCUT2D eigenvalue weighted by Crippen LogP contribution is -2.31. The molecule has 0 unspecified atom stereocenters. The van der Waals surface area contributed by atoms with E-state index in [9.17, 15) is 4.79 Å². The zero-order chi connectivity index (χ0) is 15.2. The summed E-state index contributed by atoms with van der Waals surface area (Å²) in [5.41, 5.74) is 1.41. The molecule has 1 N–H and O–H groups in total. The van der Waals surface area contributed by atoms with Gasteiger partial charge in [-0.2, -0.15) is 0 Å². The SMILES string of the molecule is CCN(Cc1ccccn1)C(=O)c1cc(Br)cnc1NC. The minimum Gasteiger partial charge on any atom is -0.372 e. The maximum Gasteiger partial charge on any atom is 0.257 e. The first-order chi connectivity index (χ1) is 10.2. The normalized spacial score (nSPS) is 10.2. The predicted molar refractivity (Wildman–Crippen MR) is 86.1 cm³/mol. The Morgan fingerprint density at radius 3 is 2.81 bits per heavy atom. The second-order valence-corrected chi connectivity index (χ2v) is 5.36. The van der Waals surface area contributed by atoms with Crippen LogP contribution >= 0.6 is 15.9 Å². The topological polar surface area (TPSA) is 58.1 Å². The average molecular weight is 349 g/mol. The van der Waals surface area contributed by atoms with Gasteiger partial charge in [0.15, 0.2) is 0 Å². The number of nitrogens with one attached hydrogen (secondary N) is 1. The van der Waals surface area contributed by atoms with Crippen LogP contribution < -0.4 is 5.32 Å². The summed E-state index contributed by atoms with van der Waals surface area (Å²) >= 11 is 3.36. The Morgan fingerprint density at radius 1 is 1.38 bits per heavy atom. The van der Waals surface area contributed by atoms with Crippen molar-refractivity contribution in [2.75, 3.05) is 18.9 Å². The van der Waals surface area contributed by atoms with Gasteiger partial charge in [0.05, 0.1) is 17.8 Å². The molecule has 0 bridgehead atoms. The van der Waals surface area contributed by atoms with Gasteiger partial charge in [-0.05, 0) is 41.1 Å². The Labute approximate surface area is 132 Å². The lowest BCUT2D eigenvalue weighted by molar-refractivity contribution is 0.0751. The van der Waals surface area contributed by atoms with Gasteiger partial charge >= 0.3 is 0 Å². The predicted octanol–water partition coefficient (Wildman–Crippen LogP) is 2.94. The number of hydrogen-bond acceptors (Lipinski definition) is 4. The summed E-state index contributed by atoms with van der Waals surface area (Å²) in [5, 5.41) is 2.95. The highest BCUT2D eigenvalue weighted by Crippen LogP contribution is 2.20. The molecule has 6 heteroatoms. The lowest BCUT2D eigenvalue weighted by atomic mass is 10.2. The minimum atomic E-state index is -0.0682. The molecule has 21 heavy (non-hydrogen) atoms. The van der Waals surface area contributed by atoms with Crippen LogP contribution in [-0.2, 0) is 6.54 Å². The van der Waals surface area contributed by atoms with Gasteiger partial charge in [-0.1, -0.05) is 6.07 Å². The smallest absolute Gasteiger partial charge is 0.257 e. The third kappa shape index (κ3) is 3.78. The fourth-order valence-electron chi connectivity index (χ4n) is 1.99. The van der Waals surface area contributed by atoms with Crippen molar-refractivity contribution in [1.29, 1.82) is 0 Å². The zero-order valence-corrected chi connectivity index (χ0v) is 13.6. The van der Waals surface area contributed by atoms with Crippen molar-refractivity contribution in [1.82, 2.24) is 14.9 Å². The van der Waals surface area contributed by atoms with E-state index < -0.39 is 0 Å². The molecule has 110 valence electrons. The first-order valence-electron chi connectivity index (χ1n) is 6.68. The number of nitrogens with zero attached hydrogens (tertiary/aromatic N) is 3. The highest BCUT2D eigenvalue weighted by atomic mass is 79.9. The average Bonchev–Trinajstić information content (AvgIpc) is 2.53. The monoisotopic (exact) mass is 348 g/mol. The number of hydrogen-bond donors (Lipinski definition) is 1. The molecule has 2 heterocycles. The van der Waals surface area contributed by atoms with E-state index in [1.807, 2.05) is 25.1 Å². The van der Waals surface area contributed by atoms with E-state index in [1.54, 1.807) is 30.4 Å². The Kier molecular flexibility index (Phi) is 5.27. The highest BCUT2D eigenvalue weighted by molar-refractivity contribution is 9.10. The quantitative estimate of drug-likeness (QED) is 0.902. The van der Waals surface area contributed by atoms with Crippen LogP contribution in [0.1, 0.15) is 23.0 Å². The Morgan fingerprint density at radius 2 is 2.19 bits per heavy atom. The number of carbonyl (C=O) groups is 1. The van der Waals surface area contributed by atoms with Gasteiger partial charge < -0.3 is 10.2 Å². The fraction of sp³-hybridized carbons (Fsp3) is 0.267. The molecule has 0 spiro atoms. The fourth-order valence-corrected chi connectivity index (χ4v) is 2.32. The molecule has 2 aromatic rings. The Bertz CT molecular complexity index is 618. The van der Waals surface area contributed by atoms with Crippen LogP contribution in [0.5, 0.6) is 0 Å². The van der Waals surface area contributed by atoms with Gasteiger partial charge in [0.2, 0.25) is 0 Å². The number of carbonyl (C=O) groups excluding carboxylic acids is 1. The number of anilines is 1. The van der Waals surface area contributed by atoms with Gasteiger partial charge in [-0.25, -0.2) is 4.98 Å². The summed E-state index contributed by atoms with van der Waals surface area (Å²) in [6, 6.07) is 7.47. The van der Waals surface area contributed by atoms with Crippen molar-refractivity contribution in [2.24, 2.45) is 0 Å². The lowest BCUT2D eigenvalue weighted by Gasteiger charge is -2.21. The first-order valence-corrected chi connectivity index (χ1v) is 7.47. The molecule has 0 fully saturated rings. The number of amides is 1. The van der Waals surface area contributed by atoms with Crippen LogP contribution in [0, 0.1) is 0 Å². The van der Waals surface area contributed by atoms with E-state index in [2.05, 4.69) is 31.2 Å². The summed E-state index contributed by atoms with van der Waals surface area (Å²) in [6.07, 6.45) is 3.39. The molecule has 0 aliphatic rings. The van der Waals surface area contributed by atoms with Gasteiger partial charge in [-0.3, -0.25) is 9.78 Å². The van der Waals surface area contributed by atoms with E-state index in [4.69, 9.17) is 0 Å². The standard InChI is InChI=1S/C15H17BrN4O/c1-3-20(10-12-6-4-5-7-18-12)15(21)13-8-11(16)9-19-14(13)17-2/h4-9H,3,10H2,1-2H3,(H,17,19). The summed E-state index contributed by atoms with van der Waals surface area (Å²) in [7, 11) is 1.75. The molecular formula is C15H17BrN4O. The van der Waals surface area contributed by atoms with Gasteiger partial charge in [0.25, 0.3) is 5.91 Å². The van der Waals surface area contributed by atoms with Gasteiger partial charge in [0.1, 0.15) is 5.82 Å². The second kappa shape index (κ2) is 7.17. The van der Waals surface area contributed by atoms with Crippen molar-refractivity contribution < 1.29 is 4.79 Å². The minimum absolute atomic E-state index is 0.0682. The van der Waals surface area contributed by atoms with Crippen molar-refractivity contribution in [3.8, 4) is 0 Å². The molecule has 5 nitrogen and oxygen atoms in total. The first kappa shape index (κ1) is 15.4. The molecule has 0 atom stereocenters. The molecule has 0 aliphatic heterocycles. The maximum absolute atomic E-state index is 12.7. The van der Waals surface area contributed by atoms with E-state index in [1.165, 1.54) is 0 Å². The van der Waals surface area contributed by atoms with E-state index in [0.717, 1.165) is 10.2 Å². The van der Waals surface area contributed by atoms with Gasteiger partial charge in [0, 0.05) is 30.5 Å².